The molecule has 0 unspecified atom stereocenters. The van der Waals surface area contributed by atoms with Crippen molar-refractivity contribution in [1.82, 2.24) is 4.90 Å². The van der Waals surface area contributed by atoms with Gasteiger partial charge in [-0.15, -0.1) is 6.58 Å². The van der Waals surface area contributed by atoms with Crippen molar-refractivity contribution >= 4 is 11.9 Å². The van der Waals surface area contributed by atoms with Crippen molar-refractivity contribution in [3.05, 3.63) is 24.3 Å². The molecule has 0 aliphatic heterocycles. The molecule has 2 N–H and O–H groups in total. The van der Waals surface area contributed by atoms with E-state index in [0.29, 0.717) is 18.6 Å². The zero-order valence-corrected chi connectivity index (χ0v) is 14.7. The second-order valence-electron chi connectivity index (χ2n) is 6.45. The summed E-state index contributed by atoms with van der Waals surface area (Å²) in [6.07, 6.45) is 3.98. The Hall–Kier alpha value is -1.62. The molecule has 0 aliphatic rings. The van der Waals surface area contributed by atoms with Crippen molar-refractivity contribution in [2.75, 3.05) is 13.7 Å². The minimum Gasteiger partial charge on any atom is -0.463 e. The lowest BCUT2D eigenvalue weighted by atomic mass is 9.86. The van der Waals surface area contributed by atoms with Crippen LogP contribution in [0.2, 0.25) is 0 Å². The van der Waals surface area contributed by atoms with Crippen LogP contribution < -0.4 is 5.73 Å². The van der Waals surface area contributed by atoms with Crippen LogP contribution in [0.1, 0.15) is 41.0 Å². The van der Waals surface area contributed by atoms with Gasteiger partial charge in [0.25, 0.3) is 0 Å². The fourth-order valence-corrected chi connectivity index (χ4v) is 1.86. The molecule has 0 saturated heterocycles. The van der Waals surface area contributed by atoms with Crippen molar-refractivity contribution in [2.24, 2.45) is 11.1 Å². The fraction of sp³-hybridized carbons (Fsp3) is 0.647. The molecule has 0 rings (SSSR count). The molecule has 5 heteroatoms. The Labute approximate surface area is 134 Å². The maximum Gasteiger partial charge on any atom is 0.333 e. The topological polar surface area (TPSA) is 72.6 Å². The van der Waals surface area contributed by atoms with E-state index in [9.17, 15) is 9.59 Å². The van der Waals surface area contributed by atoms with Gasteiger partial charge in [0.05, 0.1) is 18.7 Å². The number of esters is 1. The van der Waals surface area contributed by atoms with E-state index in [1.807, 2.05) is 20.8 Å². The van der Waals surface area contributed by atoms with Crippen LogP contribution in [0, 0.1) is 5.41 Å². The zero-order chi connectivity index (χ0) is 17.5. The predicted octanol–water partition coefficient (Wildman–Crippen LogP) is 2.27. The quantitative estimate of drug-likeness (QED) is 0.445. The highest BCUT2D eigenvalue weighted by Crippen LogP contribution is 2.20. The Balaban J connectivity index is 5.24. The van der Waals surface area contributed by atoms with E-state index in [-0.39, 0.29) is 23.3 Å². The molecule has 0 aromatic rings. The van der Waals surface area contributed by atoms with E-state index in [4.69, 9.17) is 10.5 Å². The van der Waals surface area contributed by atoms with Gasteiger partial charge in [-0.1, -0.05) is 32.9 Å². The zero-order valence-electron chi connectivity index (χ0n) is 14.7. The van der Waals surface area contributed by atoms with Crippen LogP contribution in [0.25, 0.3) is 0 Å². The Morgan fingerprint density at radius 2 is 1.91 bits per heavy atom. The van der Waals surface area contributed by atoms with Gasteiger partial charge in [0.2, 0.25) is 5.91 Å². The summed E-state index contributed by atoms with van der Waals surface area (Å²) in [5.74, 6) is -0.537. The SMILES string of the molecule is C=CC[C@@H](C=C(C)C(=O)OCC)N(C)C(=O)[C@@H](N)C(C)(C)C. The first-order valence-electron chi connectivity index (χ1n) is 7.54. The van der Waals surface area contributed by atoms with E-state index in [1.165, 1.54) is 0 Å². The Kier molecular flexibility index (Phi) is 8.09. The lowest BCUT2D eigenvalue weighted by molar-refractivity contribution is -0.139. The Morgan fingerprint density at radius 3 is 2.32 bits per heavy atom. The minimum absolute atomic E-state index is 0.160. The molecule has 0 radical (unpaired) electrons. The summed E-state index contributed by atoms with van der Waals surface area (Å²) in [5, 5.41) is 0. The second kappa shape index (κ2) is 8.73. The van der Waals surface area contributed by atoms with Gasteiger partial charge < -0.3 is 15.4 Å². The minimum atomic E-state index is -0.610. The molecule has 1 amide bonds. The summed E-state index contributed by atoms with van der Waals surface area (Å²) < 4.78 is 4.96. The van der Waals surface area contributed by atoms with Gasteiger partial charge in [-0.2, -0.15) is 0 Å². The maximum absolute atomic E-state index is 12.5. The number of carbonyl (C=O) groups excluding carboxylic acids is 2. The third-order valence-electron chi connectivity index (χ3n) is 3.49. The first kappa shape index (κ1) is 20.4. The molecule has 0 spiro atoms. The van der Waals surface area contributed by atoms with Crippen LogP contribution in [-0.4, -0.2) is 42.5 Å². The third kappa shape index (κ3) is 6.02. The van der Waals surface area contributed by atoms with Crippen molar-refractivity contribution in [1.29, 1.82) is 0 Å². The van der Waals surface area contributed by atoms with Crippen LogP contribution in [0.3, 0.4) is 0 Å². The fourth-order valence-electron chi connectivity index (χ4n) is 1.86. The average molecular weight is 310 g/mol. The second-order valence-corrected chi connectivity index (χ2v) is 6.45. The number of rotatable bonds is 7. The van der Waals surface area contributed by atoms with Gasteiger partial charge >= 0.3 is 5.97 Å². The molecule has 0 fully saturated rings. The highest BCUT2D eigenvalue weighted by Gasteiger charge is 2.31. The molecular weight excluding hydrogens is 280 g/mol. The number of carbonyl (C=O) groups is 2. The molecule has 0 aromatic carbocycles. The van der Waals surface area contributed by atoms with Crippen LogP contribution in [-0.2, 0) is 14.3 Å². The van der Waals surface area contributed by atoms with Gasteiger partial charge in [0.1, 0.15) is 0 Å². The first-order chi connectivity index (χ1) is 10.1. The van der Waals surface area contributed by atoms with Crippen molar-refractivity contribution < 1.29 is 14.3 Å². The highest BCUT2D eigenvalue weighted by molar-refractivity contribution is 5.88. The van der Waals surface area contributed by atoms with Crippen LogP contribution in [0.15, 0.2) is 24.3 Å². The number of likely N-dealkylation sites (N-methyl/N-ethyl adjacent to an activating group) is 1. The van der Waals surface area contributed by atoms with E-state index < -0.39 is 6.04 Å². The van der Waals surface area contributed by atoms with Gasteiger partial charge in [-0.05, 0) is 25.7 Å². The number of nitrogens with two attached hydrogens (primary N) is 1. The van der Waals surface area contributed by atoms with Crippen LogP contribution in [0.5, 0.6) is 0 Å². The van der Waals surface area contributed by atoms with E-state index in [0.717, 1.165) is 0 Å². The van der Waals surface area contributed by atoms with E-state index >= 15 is 0 Å². The Morgan fingerprint density at radius 1 is 1.36 bits per heavy atom. The molecule has 22 heavy (non-hydrogen) atoms. The summed E-state index contributed by atoms with van der Waals surface area (Å²) in [5.41, 5.74) is 6.18. The molecule has 0 aromatic heterocycles. The van der Waals surface area contributed by atoms with Crippen molar-refractivity contribution in [3.8, 4) is 0 Å². The normalized spacial score (nSPS) is 15.0. The number of nitrogens with zero attached hydrogens (tertiary/aromatic N) is 1. The lowest BCUT2D eigenvalue weighted by Gasteiger charge is -2.33. The first-order valence-corrected chi connectivity index (χ1v) is 7.54. The smallest absolute Gasteiger partial charge is 0.333 e. The lowest BCUT2D eigenvalue weighted by Crippen LogP contribution is -2.51. The largest absolute Gasteiger partial charge is 0.463 e. The van der Waals surface area contributed by atoms with Gasteiger partial charge in [-0.3, -0.25) is 4.79 Å². The average Bonchev–Trinajstić information content (AvgIpc) is 2.43. The van der Waals surface area contributed by atoms with Crippen LogP contribution >= 0.6 is 0 Å². The van der Waals surface area contributed by atoms with Crippen molar-refractivity contribution in [2.45, 2.75) is 53.1 Å². The molecule has 126 valence electrons. The molecule has 0 heterocycles. The summed E-state index contributed by atoms with van der Waals surface area (Å²) in [6, 6.07) is -0.885. The Bertz CT molecular complexity index is 436. The monoisotopic (exact) mass is 310 g/mol. The molecule has 2 atom stereocenters. The third-order valence-corrected chi connectivity index (χ3v) is 3.49. The van der Waals surface area contributed by atoms with E-state index in [2.05, 4.69) is 6.58 Å². The number of ether oxygens (including phenoxy) is 1. The summed E-state index contributed by atoms with van der Waals surface area (Å²) in [7, 11) is 1.69. The number of hydrogen-bond donors (Lipinski definition) is 1. The predicted molar refractivity (Wildman–Crippen MR) is 89.2 cm³/mol. The highest BCUT2D eigenvalue weighted by atomic mass is 16.5. The molecule has 0 saturated carbocycles. The van der Waals surface area contributed by atoms with Crippen LogP contribution in [0.4, 0.5) is 0 Å². The standard InChI is InChI=1S/C17H30N2O3/c1-8-10-13(11-12(3)16(21)22-9-2)19(7)15(20)14(18)17(4,5)6/h8,11,13-14H,1,9-10,18H2,2-7H3/t13-,14+/m0/s1. The number of amides is 1. The van der Waals surface area contributed by atoms with Crippen molar-refractivity contribution in [3.63, 3.8) is 0 Å². The molecular formula is C17H30N2O3. The molecule has 0 aliphatic carbocycles. The van der Waals surface area contributed by atoms with Gasteiger partial charge in [-0.25, -0.2) is 4.79 Å². The molecule has 0 bridgehead atoms. The molecule has 5 nitrogen and oxygen atoms in total. The van der Waals surface area contributed by atoms with Gasteiger partial charge in [0, 0.05) is 12.6 Å². The summed E-state index contributed by atoms with van der Waals surface area (Å²) in [4.78, 5) is 25.8. The summed E-state index contributed by atoms with van der Waals surface area (Å²) in [6.45, 7) is 13.2. The summed E-state index contributed by atoms with van der Waals surface area (Å²) >= 11 is 0. The van der Waals surface area contributed by atoms with E-state index in [1.54, 1.807) is 37.9 Å². The van der Waals surface area contributed by atoms with Gasteiger partial charge in [0.15, 0.2) is 0 Å². The number of hydrogen-bond acceptors (Lipinski definition) is 4. The maximum atomic E-state index is 12.5.